The summed E-state index contributed by atoms with van der Waals surface area (Å²) in [7, 11) is 0. The SMILES string of the molecule is CC(=O)O[C@H]1C(=O)[C@]2(C)[C@@H](OC(=O)CC/C(C)=C/CC/C(C)=C\CC/C=C(\C)CC/C=C(\C)CCC=C(C)C)C[C@H]3OC[C@@]3(OC(C)=O)[C@H]2[C@H](OC(=O)c2ccccc2)[C@]2(O)CC(OC(=O)C(OC(=O)CC/C(C)=C\CC/C(C)=C/CC/C=C(/C)CC/C=C(/C)CCC=C(C)C)[C@@H](NC(=O)c3ccccc3)c3ccccc3)C(C)=C1C2(C)C. The highest BCUT2D eigenvalue weighted by Crippen LogP contribution is 2.65. The Hall–Kier alpha value is -9.32. The minimum absolute atomic E-state index is 0.0378. The molecule has 0 spiro atoms. The molecule has 1 amide bonds. The Balaban J connectivity index is 1.19. The number of rotatable bonds is 42. The molecule has 17 heteroatoms. The number of carbonyl (C=O) groups excluding carboxylic acids is 8. The second kappa shape index (κ2) is 45.7. The molecule has 640 valence electrons. The van der Waals surface area contributed by atoms with Crippen LogP contribution in [0, 0.1) is 16.7 Å². The zero-order valence-electron chi connectivity index (χ0n) is 73.9. The summed E-state index contributed by atoms with van der Waals surface area (Å²) < 4.78 is 45.4. The van der Waals surface area contributed by atoms with E-state index in [2.05, 4.69) is 135 Å². The molecule has 118 heavy (non-hydrogen) atoms. The third kappa shape index (κ3) is 27.1. The molecule has 3 aliphatic carbocycles. The molecular weight excluding hydrogens is 1480 g/mol. The lowest BCUT2D eigenvalue weighted by Crippen LogP contribution is -2.82. The number of ketones is 1. The number of fused-ring (bicyclic) bond motifs is 5. The fourth-order valence-corrected chi connectivity index (χ4v) is 16.9. The summed E-state index contributed by atoms with van der Waals surface area (Å²) >= 11 is 0. The molecule has 2 N–H and O–H groups in total. The van der Waals surface area contributed by atoms with E-state index in [9.17, 15) is 29.1 Å². The molecule has 1 heterocycles. The fourth-order valence-electron chi connectivity index (χ4n) is 16.9. The van der Waals surface area contributed by atoms with Gasteiger partial charge in [-0.3, -0.25) is 28.8 Å². The summed E-state index contributed by atoms with van der Waals surface area (Å²) in [6, 6.07) is 23.3. The number of amides is 1. The monoisotopic (exact) mass is 1620 g/mol. The predicted octanol–water partition coefficient (Wildman–Crippen LogP) is 22.1. The number of aliphatic hydroxyl groups is 1. The first-order valence-electron chi connectivity index (χ1n) is 42.7. The lowest BCUT2D eigenvalue weighted by Gasteiger charge is -2.67. The lowest BCUT2D eigenvalue weighted by molar-refractivity contribution is -0.346. The van der Waals surface area contributed by atoms with E-state index in [4.69, 9.17) is 33.2 Å². The number of ether oxygens (including phenoxy) is 7. The van der Waals surface area contributed by atoms with E-state index < -0.39 is 125 Å². The van der Waals surface area contributed by atoms with Crippen molar-refractivity contribution in [2.45, 2.75) is 320 Å². The van der Waals surface area contributed by atoms with Gasteiger partial charge in [0, 0.05) is 50.5 Å². The largest absolute Gasteiger partial charge is 0.461 e. The quantitative estimate of drug-likeness (QED) is 0.0232. The van der Waals surface area contributed by atoms with Crippen LogP contribution in [0.1, 0.15) is 298 Å². The van der Waals surface area contributed by atoms with Gasteiger partial charge in [0.2, 0.25) is 6.10 Å². The van der Waals surface area contributed by atoms with Gasteiger partial charge in [-0.15, -0.1) is 0 Å². The molecule has 0 radical (unpaired) electrons. The van der Waals surface area contributed by atoms with E-state index in [1.54, 1.807) is 99.6 Å². The Morgan fingerprint density at radius 1 is 0.492 bits per heavy atom. The summed E-state index contributed by atoms with van der Waals surface area (Å²) in [6.07, 6.45) is 27.4. The average Bonchev–Trinajstić information content (AvgIpc) is 0.666. The van der Waals surface area contributed by atoms with Crippen LogP contribution in [-0.4, -0.2) is 107 Å². The van der Waals surface area contributed by atoms with E-state index in [0.717, 1.165) is 121 Å². The summed E-state index contributed by atoms with van der Waals surface area (Å²) in [5.41, 5.74) is 4.99. The highest BCUT2D eigenvalue weighted by atomic mass is 16.6. The van der Waals surface area contributed by atoms with Crippen molar-refractivity contribution in [3.05, 3.63) is 235 Å². The van der Waals surface area contributed by atoms with Crippen LogP contribution >= 0.6 is 0 Å². The maximum atomic E-state index is 16.9. The van der Waals surface area contributed by atoms with E-state index in [0.29, 0.717) is 12.0 Å². The second-order valence-corrected chi connectivity index (χ2v) is 34.6. The van der Waals surface area contributed by atoms with E-state index in [-0.39, 0.29) is 54.6 Å². The van der Waals surface area contributed by atoms with Crippen molar-refractivity contribution in [1.82, 2.24) is 5.32 Å². The summed E-state index contributed by atoms with van der Waals surface area (Å²) in [5.74, 6) is -8.53. The number of nitrogens with one attached hydrogen (secondary N) is 1. The Kier molecular flexibility index (Phi) is 37.1. The number of allylic oxidation sites excluding steroid dienone is 20. The molecule has 2 saturated carbocycles. The molecular formula is C101H135NO16. The first-order valence-corrected chi connectivity index (χ1v) is 42.7. The molecule has 1 saturated heterocycles. The summed E-state index contributed by atoms with van der Waals surface area (Å²) in [6.45, 7) is 33.6. The van der Waals surface area contributed by atoms with Gasteiger partial charge in [-0.05, 0) is 253 Å². The zero-order valence-corrected chi connectivity index (χ0v) is 73.9. The summed E-state index contributed by atoms with van der Waals surface area (Å²) in [5, 5.41) is 17.6. The molecule has 17 nitrogen and oxygen atoms in total. The van der Waals surface area contributed by atoms with Crippen LogP contribution in [0.25, 0.3) is 0 Å². The van der Waals surface area contributed by atoms with Crippen molar-refractivity contribution in [2.24, 2.45) is 16.7 Å². The third-order valence-corrected chi connectivity index (χ3v) is 24.0. The first-order chi connectivity index (χ1) is 56.0. The number of carbonyl (C=O) groups is 8. The highest BCUT2D eigenvalue weighted by Gasteiger charge is 2.79. The van der Waals surface area contributed by atoms with Crippen molar-refractivity contribution in [2.75, 3.05) is 6.61 Å². The molecule has 3 aromatic carbocycles. The molecule has 3 fully saturated rings. The van der Waals surface area contributed by atoms with Crippen molar-refractivity contribution >= 4 is 47.5 Å². The van der Waals surface area contributed by atoms with Gasteiger partial charge in [0.15, 0.2) is 17.5 Å². The van der Waals surface area contributed by atoms with Gasteiger partial charge in [-0.2, -0.15) is 0 Å². The van der Waals surface area contributed by atoms with Gasteiger partial charge in [0.25, 0.3) is 5.91 Å². The van der Waals surface area contributed by atoms with Crippen LogP contribution < -0.4 is 5.32 Å². The third-order valence-electron chi connectivity index (χ3n) is 24.0. The Labute approximate surface area is 704 Å². The van der Waals surface area contributed by atoms with Gasteiger partial charge in [0.1, 0.15) is 36.1 Å². The minimum atomic E-state index is -2.54. The molecule has 0 aromatic heterocycles. The maximum absolute atomic E-state index is 16.9. The fraction of sp³-hybridized carbons (Fsp3) is 0.525. The number of esters is 6. The van der Waals surface area contributed by atoms with E-state index >= 15 is 14.4 Å². The number of benzene rings is 3. The van der Waals surface area contributed by atoms with Crippen molar-refractivity contribution < 1.29 is 76.6 Å². The zero-order chi connectivity index (χ0) is 86.5. The van der Waals surface area contributed by atoms with Crippen LogP contribution in [0.5, 0.6) is 0 Å². The molecule has 4 aliphatic rings. The normalized spacial score (nSPS) is 23.5. The molecule has 11 atom stereocenters. The van der Waals surface area contributed by atoms with Crippen LogP contribution in [-0.2, 0) is 61.9 Å². The van der Waals surface area contributed by atoms with Gasteiger partial charge in [-0.1, -0.05) is 197 Å². The Morgan fingerprint density at radius 2 is 0.907 bits per heavy atom. The van der Waals surface area contributed by atoms with E-state index in [1.807, 2.05) is 13.8 Å². The highest BCUT2D eigenvalue weighted by molar-refractivity contribution is 5.97. The van der Waals surface area contributed by atoms with Crippen LogP contribution in [0.4, 0.5) is 0 Å². The van der Waals surface area contributed by atoms with Gasteiger partial charge < -0.3 is 43.6 Å². The van der Waals surface area contributed by atoms with Gasteiger partial charge >= 0.3 is 35.8 Å². The van der Waals surface area contributed by atoms with Crippen molar-refractivity contribution in [1.29, 1.82) is 0 Å². The standard InChI is InChI=1S/C101H135NO16/c1-67(2)38-32-44-73(9)50-34-46-69(5)40-28-30-42-71(7)48-36-52-75(11)60-62-86(105)115-84-64-85-100(66-112-85,118-79(15)104)92-94(117-96(109)82-58-26-21-27-59-82)101(111)65-83(77(13)88(98(101,16)17)90(113-78(14)103)93(107)99(84,92)18)114-97(110)91(89(80-54-22-19-23-55-80)102-95(108)81-56-24-20-25-57-81)116-87(106)63-61-76(12)53-37-49-72(8)43-31-29-41-70(6)47-35-51-74(10)45-33-39-68(3)4/h19-27,38-43,50-59,83-85,89-92,94,111H,28-37,44-49,60-66H2,1-18H3,(H,102,108)/b69-40+,70-41-,71-42-,72-43+,73-50+,74-51-,75-52+,76-53-/t83?,84-,85+,89-,90+,91?,92-,94-,99+,100-,101+/m0/s1. The number of unbranched alkanes of at least 4 members (excludes halogenated alkanes) is 2. The first kappa shape index (κ1) is 95.8. The molecule has 7 rings (SSSR count). The van der Waals surface area contributed by atoms with Crippen LogP contribution in [0.2, 0.25) is 0 Å². The van der Waals surface area contributed by atoms with Gasteiger partial charge in [-0.25, -0.2) is 9.59 Å². The lowest BCUT2D eigenvalue weighted by atomic mass is 9.44. The average molecular weight is 1620 g/mol. The van der Waals surface area contributed by atoms with Crippen LogP contribution in [0.3, 0.4) is 0 Å². The number of hydrogen-bond donors (Lipinski definition) is 2. The van der Waals surface area contributed by atoms with Crippen LogP contribution in [0.15, 0.2) is 219 Å². The second-order valence-electron chi connectivity index (χ2n) is 34.6. The number of Topliss-reactive ketones (excluding diaryl/α,β-unsaturated/α-hetero) is 1. The molecule has 3 aromatic rings. The van der Waals surface area contributed by atoms with Crippen molar-refractivity contribution in [3.63, 3.8) is 0 Å². The topological polar surface area (TPSA) is 233 Å². The van der Waals surface area contributed by atoms with E-state index in [1.165, 1.54) is 70.6 Å². The Morgan fingerprint density at radius 3 is 1.33 bits per heavy atom. The predicted molar refractivity (Wildman–Crippen MR) is 467 cm³/mol. The van der Waals surface area contributed by atoms with Gasteiger partial charge in [0.05, 0.1) is 23.5 Å². The number of hydrogen-bond acceptors (Lipinski definition) is 16. The minimum Gasteiger partial charge on any atom is -0.461 e. The maximum Gasteiger partial charge on any atom is 0.350 e. The molecule has 1 aliphatic heterocycles. The Bertz CT molecular complexity index is 4320. The summed E-state index contributed by atoms with van der Waals surface area (Å²) in [4.78, 5) is 120. The molecule has 2 bridgehead atoms. The molecule has 2 unspecified atom stereocenters. The smallest absolute Gasteiger partial charge is 0.350 e. The van der Waals surface area contributed by atoms with Crippen molar-refractivity contribution in [3.8, 4) is 0 Å².